The van der Waals surface area contributed by atoms with Crippen molar-refractivity contribution < 1.29 is 0 Å². The molecule has 1 aliphatic rings. The van der Waals surface area contributed by atoms with E-state index in [0.29, 0.717) is 0 Å². The zero-order valence-corrected chi connectivity index (χ0v) is 6.47. The third kappa shape index (κ3) is 1.12. The van der Waals surface area contributed by atoms with E-state index in [4.69, 9.17) is 34.8 Å². The van der Waals surface area contributed by atoms with E-state index in [-0.39, 0.29) is 11.5 Å². The van der Waals surface area contributed by atoms with Crippen LogP contribution in [-0.2, 0) is 0 Å². The number of hydrogen-bond donors (Lipinski definition) is 2. The van der Waals surface area contributed by atoms with Gasteiger partial charge in [-0.3, -0.25) is 4.42 Å². The topological polar surface area (TPSA) is 67.6 Å². The Labute approximate surface area is 68.2 Å². The lowest BCUT2D eigenvalue weighted by Gasteiger charge is -2.21. The molecule has 0 saturated heterocycles. The summed E-state index contributed by atoms with van der Waals surface area (Å²) in [6.45, 7) is 0. The van der Waals surface area contributed by atoms with Crippen molar-refractivity contribution in [3.63, 3.8) is 0 Å². The van der Waals surface area contributed by atoms with Crippen molar-refractivity contribution in [1.29, 1.82) is 0 Å². The summed E-state index contributed by atoms with van der Waals surface area (Å²) in [4.78, 5) is 3.66. The fourth-order valence-corrected chi connectivity index (χ4v) is 0.816. The third-order valence-electron chi connectivity index (χ3n) is 1.08. The molecule has 0 spiro atoms. The molecule has 4 nitrogen and oxygen atoms in total. The second-order valence-corrected chi connectivity index (χ2v) is 2.57. The molecule has 0 aromatic heterocycles. The van der Waals surface area contributed by atoms with Crippen LogP contribution in [0.5, 0.6) is 0 Å². The Morgan fingerprint density at radius 2 is 2.20 bits per heavy atom. The van der Waals surface area contributed by atoms with Gasteiger partial charge in [0.2, 0.25) is 0 Å². The van der Waals surface area contributed by atoms with E-state index in [9.17, 15) is 0 Å². The summed E-state index contributed by atoms with van der Waals surface area (Å²) in [6.07, 6.45) is 1.31. The molecule has 0 aromatic rings. The zero-order valence-electron chi connectivity index (χ0n) is 4.96. The molecule has 1 atom stereocenters. The minimum absolute atomic E-state index is 0.219. The first kappa shape index (κ1) is 7.50. The van der Waals surface area contributed by atoms with Gasteiger partial charge in [0.15, 0.2) is 5.50 Å². The third-order valence-corrected chi connectivity index (χ3v) is 1.90. The Morgan fingerprint density at radius 3 is 2.70 bits per heavy atom. The second-order valence-electron chi connectivity index (χ2n) is 1.77. The minimum Gasteiger partial charge on any atom is -0.396 e. The highest BCUT2D eigenvalue weighted by Gasteiger charge is 2.19. The van der Waals surface area contributed by atoms with Crippen LogP contribution in [0.4, 0.5) is 0 Å². The van der Waals surface area contributed by atoms with Crippen molar-refractivity contribution >= 4 is 29.7 Å². The summed E-state index contributed by atoms with van der Waals surface area (Å²) in [5.41, 5.74) is 10.4. The van der Waals surface area contributed by atoms with Gasteiger partial charge in [-0.2, -0.15) is 0 Å². The number of rotatable bonds is 0. The Kier molecular flexibility index (Phi) is 1.92. The average Bonchev–Trinajstić information content (AvgIpc) is 1.93. The molecule has 1 heterocycles. The fourth-order valence-electron chi connectivity index (χ4n) is 0.505. The zero-order chi connectivity index (χ0) is 7.72. The van der Waals surface area contributed by atoms with Crippen LogP contribution in [-0.4, -0.2) is 16.3 Å². The van der Waals surface area contributed by atoms with Gasteiger partial charge in [-0.25, -0.2) is 4.99 Å². The van der Waals surface area contributed by atoms with Crippen LogP contribution in [0.2, 0.25) is 0 Å². The fraction of sp³-hybridized carbons (Fsp3) is 0.250. The van der Waals surface area contributed by atoms with E-state index < -0.39 is 5.50 Å². The normalized spacial score (nSPS) is 25.8. The van der Waals surface area contributed by atoms with Crippen molar-refractivity contribution in [3.8, 4) is 0 Å². The maximum absolute atomic E-state index is 5.65. The first-order valence-corrected chi connectivity index (χ1v) is 3.28. The molecule has 0 bridgehead atoms. The van der Waals surface area contributed by atoms with Gasteiger partial charge >= 0.3 is 0 Å². The molecule has 0 saturated carbocycles. The van der Waals surface area contributed by atoms with E-state index in [2.05, 4.69) is 4.99 Å². The SMILES string of the molecule is NC1=C(N)C(Cl)N(Cl)C=N1. The second kappa shape index (κ2) is 2.56. The highest BCUT2D eigenvalue weighted by Crippen LogP contribution is 2.17. The molecule has 0 fully saturated rings. The summed E-state index contributed by atoms with van der Waals surface area (Å²) >= 11 is 11.2. The van der Waals surface area contributed by atoms with Gasteiger partial charge in [0.1, 0.15) is 12.2 Å². The molecule has 1 aliphatic heterocycles. The molecule has 4 N–H and O–H groups in total. The van der Waals surface area contributed by atoms with Crippen molar-refractivity contribution in [2.45, 2.75) is 5.50 Å². The van der Waals surface area contributed by atoms with Crippen LogP contribution >= 0.6 is 23.4 Å². The largest absolute Gasteiger partial charge is 0.396 e. The molecule has 1 rings (SSSR count). The van der Waals surface area contributed by atoms with E-state index >= 15 is 0 Å². The van der Waals surface area contributed by atoms with Crippen molar-refractivity contribution in [3.05, 3.63) is 11.5 Å². The molecule has 6 heteroatoms. The Hall–Kier alpha value is -0.610. The molecule has 0 aromatic carbocycles. The van der Waals surface area contributed by atoms with Crippen LogP contribution in [0.25, 0.3) is 0 Å². The number of halogens is 2. The van der Waals surface area contributed by atoms with Gasteiger partial charge in [-0.05, 0) is 0 Å². The van der Waals surface area contributed by atoms with Gasteiger partial charge in [-0.15, -0.1) is 0 Å². The maximum Gasteiger partial charge on any atom is 0.163 e. The molecule has 56 valence electrons. The van der Waals surface area contributed by atoms with E-state index in [1.54, 1.807) is 0 Å². The van der Waals surface area contributed by atoms with Crippen LogP contribution in [0.3, 0.4) is 0 Å². The first-order chi connectivity index (χ1) is 4.63. The number of aliphatic imine (C=N–C) groups is 1. The first-order valence-electron chi connectivity index (χ1n) is 2.50. The summed E-state index contributed by atoms with van der Waals surface area (Å²) in [7, 11) is 0. The Balaban J connectivity index is 2.88. The van der Waals surface area contributed by atoms with Gasteiger partial charge in [-0.1, -0.05) is 11.6 Å². The minimum atomic E-state index is -0.598. The average molecular weight is 181 g/mol. The number of nitrogens with two attached hydrogens (primary N) is 2. The Morgan fingerprint density at radius 1 is 1.60 bits per heavy atom. The Bertz CT molecular complexity index is 199. The van der Waals surface area contributed by atoms with Crippen LogP contribution in [0, 0.1) is 0 Å². The lowest BCUT2D eigenvalue weighted by atomic mass is 10.4. The van der Waals surface area contributed by atoms with E-state index in [1.165, 1.54) is 6.34 Å². The van der Waals surface area contributed by atoms with Crippen molar-refractivity contribution in [2.75, 3.05) is 0 Å². The summed E-state index contributed by atoms with van der Waals surface area (Å²) in [6, 6.07) is 0. The van der Waals surface area contributed by atoms with Crippen LogP contribution in [0.15, 0.2) is 16.5 Å². The maximum atomic E-state index is 5.65. The lowest BCUT2D eigenvalue weighted by molar-refractivity contribution is 0.643. The smallest absolute Gasteiger partial charge is 0.163 e. The van der Waals surface area contributed by atoms with Crippen LogP contribution in [0.1, 0.15) is 0 Å². The number of hydrogen-bond acceptors (Lipinski definition) is 4. The van der Waals surface area contributed by atoms with E-state index in [0.717, 1.165) is 4.42 Å². The quantitative estimate of drug-likeness (QED) is 0.317. The van der Waals surface area contributed by atoms with Gasteiger partial charge in [0.05, 0.1) is 5.70 Å². The molecule has 1 unspecified atom stereocenters. The summed E-state index contributed by atoms with van der Waals surface area (Å²) < 4.78 is 1.15. The molecular formula is C4H6Cl2N4. The molecule has 0 amide bonds. The van der Waals surface area contributed by atoms with Crippen molar-refractivity contribution in [2.24, 2.45) is 16.5 Å². The number of nitrogens with zero attached hydrogens (tertiary/aromatic N) is 2. The van der Waals surface area contributed by atoms with Crippen LogP contribution < -0.4 is 11.5 Å². The highest BCUT2D eigenvalue weighted by atomic mass is 35.5. The predicted octanol–water partition coefficient (Wildman–Crippen LogP) is 0.136. The van der Waals surface area contributed by atoms with Gasteiger partial charge < -0.3 is 11.5 Å². The molecule has 0 radical (unpaired) electrons. The predicted molar refractivity (Wildman–Crippen MR) is 41.2 cm³/mol. The standard InChI is InChI=1S/C4H6Cl2N4/c5-3-2(7)4(8)9-1-10(3)6/h1,3H,7-8H2. The number of alkyl halides is 1. The van der Waals surface area contributed by atoms with Gasteiger partial charge in [0.25, 0.3) is 0 Å². The molecular weight excluding hydrogens is 175 g/mol. The lowest BCUT2D eigenvalue weighted by Crippen LogP contribution is -2.32. The summed E-state index contributed by atoms with van der Waals surface area (Å²) in [5, 5.41) is 0. The molecule has 0 aliphatic carbocycles. The highest BCUT2D eigenvalue weighted by molar-refractivity contribution is 6.29. The monoisotopic (exact) mass is 180 g/mol. The summed E-state index contributed by atoms with van der Waals surface area (Å²) in [5.74, 6) is 0.219. The van der Waals surface area contributed by atoms with Gasteiger partial charge in [0, 0.05) is 11.8 Å². The van der Waals surface area contributed by atoms with E-state index in [1.807, 2.05) is 0 Å². The van der Waals surface area contributed by atoms with Crippen molar-refractivity contribution in [1.82, 2.24) is 4.42 Å². The molecule has 10 heavy (non-hydrogen) atoms.